The maximum absolute atomic E-state index is 11.4. The Morgan fingerprint density at radius 3 is 2.46 bits per heavy atom. The summed E-state index contributed by atoms with van der Waals surface area (Å²) >= 11 is 1.66. The molecule has 0 bridgehead atoms. The second-order valence-corrected chi connectivity index (χ2v) is 7.54. The summed E-state index contributed by atoms with van der Waals surface area (Å²) in [5, 5.41) is 12.5. The molecule has 3 aromatic heterocycles. The summed E-state index contributed by atoms with van der Waals surface area (Å²) in [5.74, 6) is 1.39. The normalized spacial score (nSPS) is 14.8. The summed E-state index contributed by atoms with van der Waals surface area (Å²) in [7, 11) is 0. The minimum absolute atomic E-state index is 0.0961. The number of nitrogens with zero attached hydrogens (tertiary/aromatic N) is 6. The predicted molar refractivity (Wildman–Crippen MR) is 102 cm³/mol. The summed E-state index contributed by atoms with van der Waals surface area (Å²) in [6, 6.07) is 3.79. The number of piperazine rings is 1. The molecule has 134 valence electrons. The van der Waals surface area contributed by atoms with Gasteiger partial charge in [-0.2, -0.15) is 0 Å². The highest BCUT2D eigenvalue weighted by Gasteiger charge is 2.27. The molecule has 0 aromatic carbocycles. The monoisotopic (exact) mass is 370 g/mol. The number of anilines is 2. The predicted octanol–water partition coefficient (Wildman–Crippen LogP) is 2.94. The van der Waals surface area contributed by atoms with Crippen LogP contribution in [0.15, 0.2) is 24.7 Å². The standard InChI is InChI=1S/C17H18N6O2S/c1-11-3-4-18-16(14(11)23(24)25)22-7-5-21(6-8-22)15-13-9-12(2)26-17(13)20-10-19-15/h3-4,9-10H,5-8H2,1-2H3. The number of aryl methyl sites for hydroxylation is 2. The van der Waals surface area contributed by atoms with Gasteiger partial charge in [0.25, 0.3) is 0 Å². The molecule has 0 radical (unpaired) electrons. The van der Waals surface area contributed by atoms with Crippen LogP contribution in [-0.2, 0) is 0 Å². The Morgan fingerprint density at radius 1 is 1.08 bits per heavy atom. The van der Waals surface area contributed by atoms with E-state index in [9.17, 15) is 10.1 Å². The number of fused-ring (bicyclic) bond motifs is 1. The SMILES string of the molecule is Cc1cc2c(N3CCN(c4nccc(C)c4[N+](=O)[O-])CC3)ncnc2s1. The summed E-state index contributed by atoms with van der Waals surface area (Å²) in [4.78, 5) is 30.6. The molecule has 0 amide bonds. The van der Waals surface area contributed by atoms with Gasteiger partial charge in [0.15, 0.2) is 0 Å². The Kier molecular flexibility index (Phi) is 4.15. The van der Waals surface area contributed by atoms with Gasteiger partial charge in [-0.3, -0.25) is 10.1 Å². The Hall–Kier alpha value is -2.81. The number of hydrogen-bond donors (Lipinski definition) is 0. The van der Waals surface area contributed by atoms with Crippen molar-refractivity contribution in [1.82, 2.24) is 15.0 Å². The van der Waals surface area contributed by atoms with E-state index in [4.69, 9.17) is 0 Å². The van der Waals surface area contributed by atoms with Crippen molar-refractivity contribution in [3.05, 3.63) is 45.2 Å². The van der Waals surface area contributed by atoms with Crippen LogP contribution in [-0.4, -0.2) is 46.1 Å². The third kappa shape index (κ3) is 2.84. The molecule has 0 aliphatic carbocycles. The van der Waals surface area contributed by atoms with Crippen LogP contribution in [0.1, 0.15) is 10.4 Å². The van der Waals surface area contributed by atoms with Crippen LogP contribution < -0.4 is 9.80 Å². The van der Waals surface area contributed by atoms with E-state index < -0.39 is 0 Å². The first-order valence-corrected chi connectivity index (χ1v) is 9.17. The Balaban J connectivity index is 1.58. The smallest absolute Gasteiger partial charge is 0.314 e. The lowest BCUT2D eigenvalue weighted by Gasteiger charge is -2.36. The lowest BCUT2D eigenvalue weighted by atomic mass is 10.2. The van der Waals surface area contributed by atoms with E-state index >= 15 is 0 Å². The van der Waals surface area contributed by atoms with E-state index in [1.54, 1.807) is 36.9 Å². The molecule has 1 aliphatic rings. The van der Waals surface area contributed by atoms with Crippen molar-refractivity contribution < 1.29 is 4.92 Å². The van der Waals surface area contributed by atoms with Gasteiger partial charge in [-0.1, -0.05) is 0 Å². The van der Waals surface area contributed by atoms with Crippen molar-refractivity contribution in [2.45, 2.75) is 13.8 Å². The number of thiophene rings is 1. The quantitative estimate of drug-likeness (QED) is 0.517. The summed E-state index contributed by atoms with van der Waals surface area (Å²) < 4.78 is 0. The molecule has 0 N–H and O–H groups in total. The largest absolute Gasteiger partial charge is 0.352 e. The first kappa shape index (κ1) is 16.6. The third-order valence-electron chi connectivity index (χ3n) is 4.60. The average Bonchev–Trinajstić information content (AvgIpc) is 3.01. The highest BCUT2D eigenvalue weighted by Crippen LogP contribution is 2.32. The van der Waals surface area contributed by atoms with Gasteiger partial charge in [0.05, 0.1) is 10.3 Å². The third-order valence-corrected chi connectivity index (χ3v) is 5.56. The molecule has 4 heterocycles. The molecule has 4 rings (SSSR count). The zero-order valence-electron chi connectivity index (χ0n) is 14.5. The van der Waals surface area contributed by atoms with Gasteiger partial charge in [0.1, 0.15) is 17.0 Å². The zero-order valence-corrected chi connectivity index (χ0v) is 15.4. The Labute approximate surface area is 154 Å². The fraction of sp³-hybridized carbons (Fsp3) is 0.353. The first-order chi connectivity index (χ1) is 12.5. The zero-order chi connectivity index (χ0) is 18.3. The van der Waals surface area contributed by atoms with Crippen molar-refractivity contribution in [3.63, 3.8) is 0 Å². The van der Waals surface area contributed by atoms with E-state index in [2.05, 4.69) is 32.8 Å². The molecule has 0 spiro atoms. The molecule has 8 nitrogen and oxygen atoms in total. The Bertz CT molecular complexity index is 981. The van der Waals surface area contributed by atoms with Crippen LogP contribution in [0.3, 0.4) is 0 Å². The minimum Gasteiger partial charge on any atom is -0.352 e. The number of hydrogen-bond acceptors (Lipinski definition) is 8. The van der Waals surface area contributed by atoms with Crippen LogP contribution in [0.25, 0.3) is 10.2 Å². The van der Waals surface area contributed by atoms with Crippen LogP contribution >= 0.6 is 11.3 Å². The minimum atomic E-state index is -0.341. The maximum atomic E-state index is 11.4. The lowest BCUT2D eigenvalue weighted by Crippen LogP contribution is -2.47. The second-order valence-electron chi connectivity index (χ2n) is 6.30. The van der Waals surface area contributed by atoms with E-state index in [0.29, 0.717) is 24.5 Å². The van der Waals surface area contributed by atoms with Crippen LogP contribution in [0, 0.1) is 24.0 Å². The fourth-order valence-electron chi connectivity index (χ4n) is 3.34. The first-order valence-electron chi connectivity index (χ1n) is 8.35. The molecule has 0 unspecified atom stereocenters. The summed E-state index contributed by atoms with van der Waals surface area (Å²) in [6.07, 6.45) is 3.24. The molecule has 9 heteroatoms. The van der Waals surface area contributed by atoms with Crippen LogP contribution in [0.4, 0.5) is 17.3 Å². The Morgan fingerprint density at radius 2 is 1.77 bits per heavy atom. The van der Waals surface area contributed by atoms with Crippen LogP contribution in [0.5, 0.6) is 0 Å². The average molecular weight is 370 g/mol. The van der Waals surface area contributed by atoms with Gasteiger partial charge < -0.3 is 9.80 Å². The molecule has 26 heavy (non-hydrogen) atoms. The molecule has 0 atom stereocenters. The second kappa shape index (κ2) is 6.49. The van der Waals surface area contributed by atoms with E-state index in [-0.39, 0.29) is 10.6 Å². The van der Waals surface area contributed by atoms with Crippen molar-refractivity contribution >= 4 is 38.9 Å². The number of aromatic nitrogens is 3. The van der Waals surface area contributed by atoms with Crippen molar-refractivity contribution in [3.8, 4) is 0 Å². The van der Waals surface area contributed by atoms with Gasteiger partial charge in [-0.25, -0.2) is 15.0 Å². The molecule has 1 fully saturated rings. The van der Waals surface area contributed by atoms with Crippen molar-refractivity contribution in [2.24, 2.45) is 0 Å². The summed E-state index contributed by atoms with van der Waals surface area (Å²) in [6.45, 7) is 6.59. The van der Waals surface area contributed by atoms with Gasteiger partial charge >= 0.3 is 5.69 Å². The number of nitro groups is 1. The molecular weight excluding hydrogens is 352 g/mol. The highest BCUT2D eigenvalue weighted by atomic mass is 32.1. The highest BCUT2D eigenvalue weighted by molar-refractivity contribution is 7.18. The van der Waals surface area contributed by atoms with Crippen molar-refractivity contribution in [2.75, 3.05) is 36.0 Å². The van der Waals surface area contributed by atoms with E-state index in [0.717, 1.165) is 29.1 Å². The van der Waals surface area contributed by atoms with E-state index in [1.165, 1.54) is 4.88 Å². The topological polar surface area (TPSA) is 88.3 Å². The molecule has 3 aromatic rings. The molecule has 1 aliphatic heterocycles. The number of pyridine rings is 1. The van der Waals surface area contributed by atoms with E-state index in [1.807, 2.05) is 4.90 Å². The lowest BCUT2D eigenvalue weighted by molar-refractivity contribution is -0.384. The van der Waals surface area contributed by atoms with Gasteiger partial charge in [-0.05, 0) is 26.0 Å². The van der Waals surface area contributed by atoms with Crippen molar-refractivity contribution in [1.29, 1.82) is 0 Å². The summed E-state index contributed by atoms with van der Waals surface area (Å²) in [5.41, 5.74) is 0.729. The molecule has 0 saturated carbocycles. The van der Waals surface area contributed by atoms with Gasteiger partial charge in [0.2, 0.25) is 5.82 Å². The molecular formula is C17H18N6O2S. The molecule has 1 saturated heterocycles. The van der Waals surface area contributed by atoms with Gasteiger partial charge in [-0.15, -0.1) is 11.3 Å². The number of rotatable bonds is 3. The maximum Gasteiger partial charge on any atom is 0.314 e. The fourth-order valence-corrected chi connectivity index (χ4v) is 4.18. The van der Waals surface area contributed by atoms with Gasteiger partial charge in [0, 0.05) is 42.8 Å². The van der Waals surface area contributed by atoms with Crippen LogP contribution in [0.2, 0.25) is 0 Å².